The number of carboxylic acid groups (broad SMARTS) is 1. The largest absolute Gasteiger partial charge is 0.543 e. The number of hydrogen-bond acceptors (Lipinski definition) is 5. The van der Waals surface area contributed by atoms with Crippen LogP contribution < -0.4 is 10.4 Å². The van der Waals surface area contributed by atoms with E-state index in [1.807, 2.05) is 6.92 Å². The number of carboxylic acids is 1. The van der Waals surface area contributed by atoms with Crippen molar-refractivity contribution in [2.45, 2.75) is 19.8 Å². The van der Waals surface area contributed by atoms with Gasteiger partial charge in [0.15, 0.2) is 0 Å². The smallest absolute Gasteiger partial charge is 0.234 e. The molecule has 1 N–H and O–H groups in total. The fraction of sp³-hybridized carbons (Fsp3) is 0.214. The molecule has 1 aromatic carbocycles. The lowest BCUT2D eigenvalue weighted by Crippen LogP contribution is -2.23. The number of rotatable bonds is 4. The molecule has 0 saturated heterocycles. The van der Waals surface area contributed by atoms with Crippen LogP contribution in [0.1, 0.15) is 33.9 Å². The molecule has 1 amide bonds. The number of aromatic carboxylic acids is 1. The van der Waals surface area contributed by atoms with Crippen molar-refractivity contribution in [2.75, 3.05) is 5.32 Å². The summed E-state index contributed by atoms with van der Waals surface area (Å²) >= 11 is 7.01. The highest BCUT2D eigenvalue weighted by molar-refractivity contribution is 7.10. The molecule has 0 spiro atoms. The number of benzene rings is 1. The van der Waals surface area contributed by atoms with Gasteiger partial charge in [0.25, 0.3) is 0 Å². The van der Waals surface area contributed by atoms with Crippen LogP contribution in [0.15, 0.2) is 23.6 Å². The molecule has 21 heavy (non-hydrogen) atoms. The number of hydrogen-bond donors (Lipinski definition) is 1. The molecule has 0 unspecified atom stereocenters. The van der Waals surface area contributed by atoms with Crippen molar-refractivity contribution >= 4 is 40.5 Å². The number of nitrogens with one attached hydrogen (secondary N) is 1. The molecule has 5 nitrogen and oxygen atoms in total. The van der Waals surface area contributed by atoms with Gasteiger partial charge in [0.1, 0.15) is 5.01 Å². The van der Waals surface area contributed by atoms with Gasteiger partial charge in [-0.3, -0.25) is 4.79 Å². The molecule has 0 bridgehead atoms. The zero-order valence-corrected chi connectivity index (χ0v) is 12.9. The Hall–Kier alpha value is -1.92. The highest BCUT2D eigenvalue weighted by atomic mass is 35.5. The van der Waals surface area contributed by atoms with E-state index < -0.39 is 11.9 Å². The first-order chi connectivity index (χ1) is 9.88. The molecule has 0 saturated carbocycles. The van der Waals surface area contributed by atoms with Crippen molar-refractivity contribution in [1.29, 1.82) is 0 Å². The molecular formula is C14H12ClN2O3S-. The molecule has 0 aliphatic rings. The zero-order chi connectivity index (χ0) is 15.6. The second-order valence-electron chi connectivity index (χ2n) is 4.53. The molecule has 1 atom stereocenters. The molecule has 1 heterocycles. The summed E-state index contributed by atoms with van der Waals surface area (Å²) < 4.78 is 0. The van der Waals surface area contributed by atoms with Gasteiger partial charge in [-0.15, -0.1) is 11.3 Å². The minimum atomic E-state index is -1.35. The number of amides is 1. The predicted molar refractivity (Wildman–Crippen MR) is 79.7 cm³/mol. The Morgan fingerprint density at radius 1 is 1.43 bits per heavy atom. The van der Waals surface area contributed by atoms with Crippen LogP contribution in [0.5, 0.6) is 0 Å². The maximum absolute atomic E-state index is 12.2. The maximum atomic E-state index is 12.2. The van der Waals surface area contributed by atoms with Crippen molar-refractivity contribution in [2.24, 2.45) is 0 Å². The van der Waals surface area contributed by atoms with E-state index in [0.717, 1.165) is 16.9 Å². The first kappa shape index (κ1) is 15.5. The standard InChI is InChI=1S/C14H13ClN2O3S/c1-7-3-4-9(15)5-10(7)16-12(18)8(2)13-17-11(6-21-13)14(19)20/h3-6,8H,1-2H3,(H,16,18)(H,19,20)/p-1/t8-/m1/s1. The van der Waals surface area contributed by atoms with Gasteiger partial charge in [-0.1, -0.05) is 17.7 Å². The number of aryl methyl sites for hydroxylation is 1. The van der Waals surface area contributed by atoms with Gasteiger partial charge in [0.05, 0.1) is 17.6 Å². The summed E-state index contributed by atoms with van der Waals surface area (Å²) in [4.78, 5) is 26.8. The number of carbonyl (C=O) groups is 2. The first-order valence-electron chi connectivity index (χ1n) is 6.12. The average molecular weight is 324 g/mol. The molecular weight excluding hydrogens is 312 g/mol. The Morgan fingerprint density at radius 2 is 2.14 bits per heavy atom. The van der Waals surface area contributed by atoms with E-state index >= 15 is 0 Å². The van der Waals surface area contributed by atoms with Crippen molar-refractivity contribution < 1.29 is 14.7 Å². The van der Waals surface area contributed by atoms with E-state index in [1.54, 1.807) is 25.1 Å². The Balaban J connectivity index is 2.15. The summed E-state index contributed by atoms with van der Waals surface area (Å²) in [5.41, 5.74) is 1.35. The number of halogens is 1. The highest BCUT2D eigenvalue weighted by Gasteiger charge is 2.19. The van der Waals surface area contributed by atoms with E-state index in [-0.39, 0.29) is 11.6 Å². The third-order valence-electron chi connectivity index (χ3n) is 2.95. The van der Waals surface area contributed by atoms with E-state index in [1.165, 1.54) is 5.38 Å². The van der Waals surface area contributed by atoms with Gasteiger partial charge in [-0.05, 0) is 31.5 Å². The van der Waals surface area contributed by atoms with Crippen LogP contribution in [0.4, 0.5) is 5.69 Å². The summed E-state index contributed by atoms with van der Waals surface area (Å²) in [6.45, 7) is 3.52. The fourth-order valence-electron chi connectivity index (χ4n) is 1.66. The molecule has 1 aromatic heterocycles. The number of thiazole rings is 1. The van der Waals surface area contributed by atoms with Crippen molar-refractivity contribution in [3.8, 4) is 0 Å². The molecule has 2 rings (SSSR count). The van der Waals surface area contributed by atoms with Gasteiger partial charge >= 0.3 is 0 Å². The van der Waals surface area contributed by atoms with Crippen LogP contribution >= 0.6 is 22.9 Å². The number of aromatic nitrogens is 1. The lowest BCUT2D eigenvalue weighted by molar-refractivity contribution is -0.255. The zero-order valence-electron chi connectivity index (χ0n) is 11.3. The Bertz CT molecular complexity index is 699. The van der Waals surface area contributed by atoms with Crippen LogP contribution in [-0.4, -0.2) is 16.9 Å². The van der Waals surface area contributed by atoms with Gasteiger partial charge < -0.3 is 15.2 Å². The topological polar surface area (TPSA) is 82.1 Å². The fourth-order valence-corrected chi connectivity index (χ4v) is 2.68. The predicted octanol–water partition coefficient (Wildman–Crippen LogP) is 2.21. The number of carbonyl (C=O) groups excluding carboxylic acids is 2. The molecule has 0 aliphatic carbocycles. The SMILES string of the molecule is Cc1ccc(Cl)cc1NC(=O)[C@@H](C)c1nc(C(=O)[O-])cs1. The Labute approximate surface area is 130 Å². The van der Waals surface area contributed by atoms with Crippen molar-refractivity contribution in [1.82, 2.24) is 4.98 Å². The summed E-state index contributed by atoms with van der Waals surface area (Å²) in [6, 6.07) is 5.21. The van der Waals surface area contributed by atoms with Crippen LogP contribution in [0, 0.1) is 6.92 Å². The van der Waals surface area contributed by atoms with Crippen molar-refractivity contribution in [3.63, 3.8) is 0 Å². The monoisotopic (exact) mass is 323 g/mol. The van der Waals surface area contributed by atoms with E-state index in [9.17, 15) is 14.7 Å². The average Bonchev–Trinajstić information content (AvgIpc) is 2.91. The van der Waals surface area contributed by atoms with E-state index in [0.29, 0.717) is 15.7 Å². The molecule has 0 fully saturated rings. The third kappa shape index (κ3) is 3.59. The second-order valence-corrected chi connectivity index (χ2v) is 5.85. The minimum absolute atomic E-state index is 0.159. The summed E-state index contributed by atoms with van der Waals surface area (Å²) in [6.07, 6.45) is 0. The van der Waals surface area contributed by atoms with E-state index in [2.05, 4.69) is 10.3 Å². The normalized spacial score (nSPS) is 12.0. The van der Waals surface area contributed by atoms with Gasteiger partial charge in [0, 0.05) is 16.1 Å². The third-order valence-corrected chi connectivity index (χ3v) is 4.21. The van der Waals surface area contributed by atoms with Gasteiger partial charge in [-0.2, -0.15) is 0 Å². The molecule has 7 heteroatoms. The number of anilines is 1. The maximum Gasteiger partial charge on any atom is 0.234 e. The Kier molecular flexibility index (Phi) is 4.59. The lowest BCUT2D eigenvalue weighted by atomic mass is 10.1. The summed E-state index contributed by atoms with van der Waals surface area (Å²) in [5, 5.41) is 15.8. The van der Waals surface area contributed by atoms with E-state index in [4.69, 9.17) is 11.6 Å². The summed E-state index contributed by atoms with van der Waals surface area (Å²) in [7, 11) is 0. The van der Waals surface area contributed by atoms with Crippen LogP contribution in [0.3, 0.4) is 0 Å². The van der Waals surface area contributed by atoms with Crippen LogP contribution in [0.25, 0.3) is 0 Å². The quantitative estimate of drug-likeness (QED) is 0.935. The summed E-state index contributed by atoms with van der Waals surface area (Å²) in [5.74, 6) is -2.20. The minimum Gasteiger partial charge on any atom is -0.543 e. The molecule has 0 radical (unpaired) electrons. The first-order valence-corrected chi connectivity index (χ1v) is 7.38. The van der Waals surface area contributed by atoms with Gasteiger partial charge in [-0.25, -0.2) is 4.98 Å². The van der Waals surface area contributed by atoms with Crippen molar-refractivity contribution in [3.05, 3.63) is 44.9 Å². The number of nitrogens with zero attached hydrogens (tertiary/aromatic N) is 1. The lowest BCUT2D eigenvalue weighted by Gasteiger charge is -2.12. The molecule has 110 valence electrons. The highest BCUT2D eigenvalue weighted by Crippen LogP contribution is 2.24. The Morgan fingerprint density at radius 3 is 2.76 bits per heavy atom. The van der Waals surface area contributed by atoms with Crippen LogP contribution in [-0.2, 0) is 4.79 Å². The van der Waals surface area contributed by atoms with Crippen LogP contribution in [0.2, 0.25) is 5.02 Å². The second kappa shape index (κ2) is 6.24. The molecule has 2 aromatic rings. The molecule has 0 aliphatic heterocycles. The van der Waals surface area contributed by atoms with Gasteiger partial charge in [0.2, 0.25) is 5.91 Å².